The summed E-state index contributed by atoms with van der Waals surface area (Å²) >= 11 is 0. The van der Waals surface area contributed by atoms with Crippen LogP contribution < -0.4 is 5.32 Å². The lowest BCUT2D eigenvalue weighted by Crippen LogP contribution is -1.70. The number of hydrogen-bond acceptors (Lipinski definition) is 0. The van der Waals surface area contributed by atoms with Crippen LogP contribution in [-0.2, 0) is 0 Å². The summed E-state index contributed by atoms with van der Waals surface area (Å²) in [4.78, 5) is 0. The third-order valence-electron chi connectivity index (χ3n) is 1.16. The Kier molecular flexibility index (Phi) is 0.895. The molecule has 1 aliphatic heterocycles. The molecule has 1 radical (unpaired) electrons. The largest absolute Gasteiger partial charge is 0.264 e. The van der Waals surface area contributed by atoms with Gasteiger partial charge in [-0.05, 0) is 25.0 Å². The molecule has 1 aliphatic rings. The molecule has 1 heterocycles. The summed E-state index contributed by atoms with van der Waals surface area (Å²) in [6, 6.07) is 0. The first-order chi connectivity index (χ1) is 3.30. The highest BCUT2D eigenvalue weighted by Gasteiger charge is 1.96. The monoisotopic (exact) mass is 94.1 g/mol. The first-order valence-corrected chi connectivity index (χ1v) is 2.34. The van der Waals surface area contributed by atoms with E-state index in [9.17, 15) is 0 Å². The molecule has 0 aromatic heterocycles. The van der Waals surface area contributed by atoms with Crippen molar-refractivity contribution < 1.29 is 0 Å². The molecule has 0 saturated heterocycles. The normalized spacial score (nSPS) is 18.0. The van der Waals surface area contributed by atoms with E-state index in [-0.39, 0.29) is 0 Å². The van der Waals surface area contributed by atoms with Gasteiger partial charge in [0.15, 0.2) is 0 Å². The summed E-state index contributed by atoms with van der Waals surface area (Å²) in [6.07, 6.45) is 3.74. The van der Waals surface area contributed by atoms with Crippen LogP contribution in [0, 0.1) is 0 Å². The number of nitrogens with zero attached hydrogens (tertiary/aromatic N) is 1. The zero-order valence-electron chi connectivity index (χ0n) is 4.60. The van der Waals surface area contributed by atoms with Gasteiger partial charge in [-0.3, -0.25) is 5.32 Å². The Morgan fingerprint density at radius 3 is 1.71 bits per heavy atom. The van der Waals surface area contributed by atoms with Gasteiger partial charge in [-0.15, -0.1) is 0 Å². The van der Waals surface area contributed by atoms with Crippen LogP contribution in [0.15, 0.2) is 23.5 Å². The lowest BCUT2D eigenvalue weighted by Gasteiger charge is -1.85. The quantitative estimate of drug-likeness (QED) is 0.431. The molecule has 0 saturated carbocycles. The molecule has 0 spiro atoms. The highest BCUT2D eigenvalue weighted by Crippen LogP contribution is 2.10. The second-order valence-corrected chi connectivity index (χ2v) is 1.77. The molecule has 0 atom stereocenters. The van der Waals surface area contributed by atoms with E-state index in [1.165, 1.54) is 11.1 Å². The van der Waals surface area contributed by atoms with E-state index in [1.54, 1.807) is 0 Å². The van der Waals surface area contributed by atoms with Gasteiger partial charge < -0.3 is 0 Å². The van der Waals surface area contributed by atoms with Gasteiger partial charge in [0.05, 0.1) is 0 Å². The van der Waals surface area contributed by atoms with Crippen LogP contribution in [0.3, 0.4) is 0 Å². The smallest absolute Gasteiger partial charge is 0.0300 e. The molecular weight excluding hydrogens is 86.1 g/mol. The van der Waals surface area contributed by atoms with Gasteiger partial charge in [0, 0.05) is 12.4 Å². The molecule has 0 aromatic rings. The lowest BCUT2D eigenvalue weighted by atomic mass is 10.2. The van der Waals surface area contributed by atoms with Crippen LogP contribution in [-0.4, -0.2) is 0 Å². The van der Waals surface area contributed by atoms with Crippen LogP contribution in [0.4, 0.5) is 0 Å². The Morgan fingerprint density at radius 2 is 1.57 bits per heavy atom. The van der Waals surface area contributed by atoms with Gasteiger partial charge >= 0.3 is 0 Å². The highest BCUT2D eigenvalue weighted by molar-refractivity contribution is 5.30. The summed E-state index contributed by atoms with van der Waals surface area (Å²) in [7, 11) is 0. The predicted octanol–water partition coefficient (Wildman–Crippen LogP) is 1.41. The molecule has 1 rings (SSSR count). The van der Waals surface area contributed by atoms with Crippen LogP contribution in [0.25, 0.3) is 0 Å². The average Bonchev–Trinajstić information content (AvgIpc) is 1.91. The summed E-state index contributed by atoms with van der Waals surface area (Å²) in [6.45, 7) is 4.12. The van der Waals surface area contributed by atoms with E-state index in [0.717, 1.165) is 0 Å². The van der Waals surface area contributed by atoms with E-state index in [1.807, 2.05) is 12.4 Å². The number of hydrogen-bond donors (Lipinski definition) is 0. The van der Waals surface area contributed by atoms with Gasteiger partial charge in [-0.1, -0.05) is 0 Å². The van der Waals surface area contributed by atoms with Gasteiger partial charge in [-0.2, -0.15) is 0 Å². The Labute approximate surface area is 43.7 Å². The van der Waals surface area contributed by atoms with Crippen molar-refractivity contribution in [2.45, 2.75) is 13.8 Å². The molecule has 37 valence electrons. The van der Waals surface area contributed by atoms with Crippen molar-refractivity contribution in [3.63, 3.8) is 0 Å². The van der Waals surface area contributed by atoms with E-state index < -0.39 is 0 Å². The van der Waals surface area contributed by atoms with Crippen molar-refractivity contribution in [3.05, 3.63) is 23.5 Å². The molecular formula is C6H8N. The average molecular weight is 94.1 g/mol. The molecule has 7 heavy (non-hydrogen) atoms. The van der Waals surface area contributed by atoms with Crippen molar-refractivity contribution in [3.8, 4) is 0 Å². The Morgan fingerprint density at radius 1 is 1.14 bits per heavy atom. The van der Waals surface area contributed by atoms with E-state index in [0.29, 0.717) is 0 Å². The Bertz CT molecular complexity index is 115. The fourth-order valence-electron chi connectivity index (χ4n) is 0.465. The Hall–Kier alpha value is -0.720. The molecule has 0 aromatic carbocycles. The minimum Gasteiger partial charge on any atom is -0.264 e. The van der Waals surface area contributed by atoms with Crippen molar-refractivity contribution in [1.82, 2.24) is 5.32 Å². The standard InChI is InChI=1S/C6H8N/c1-5-3-7-4-6(5)2/h3-4H,1-2H3. The second kappa shape index (κ2) is 1.41. The van der Waals surface area contributed by atoms with Gasteiger partial charge in [0.1, 0.15) is 0 Å². The lowest BCUT2D eigenvalue weighted by molar-refractivity contribution is 1.19. The first kappa shape index (κ1) is 4.44. The third-order valence-corrected chi connectivity index (χ3v) is 1.16. The molecule has 0 N–H and O–H groups in total. The molecule has 0 fully saturated rings. The summed E-state index contributed by atoms with van der Waals surface area (Å²) in [5.74, 6) is 0. The zero-order chi connectivity index (χ0) is 5.28. The van der Waals surface area contributed by atoms with Gasteiger partial charge in [0.25, 0.3) is 0 Å². The maximum atomic E-state index is 3.92. The maximum absolute atomic E-state index is 3.92. The number of rotatable bonds is 0. The van der Waals surface area contributed by atoms with E-state index in [2.05, 4.69) is 19.2 Å². The van der Waals surface area contributed by atoms with Gasteiger partial charge in [-0.25, -0.2) is 0 Å². The topological polar surface area (TPSA) is 14.1 Å². The SMILES string of the molecule is CC1=C[N]C=C1C. The first-order valence-electron chi connectivity index (χ1n) is 2.34. The fraction of sp³-hybridized carbons (Fsp3) is 0.333. The molecule has 0 unspecified atom stereocenters. The van der Waals surface area contributed by atoms with Crippen molar-refractivity contribution in [2.24, 2.45) is 0 Å². The summed E-state index contributed by atoms with van der Waals surface area (Å²) < 4.78 is 0. The van der Waals surface area contributed by atoms with E-state index >= 15 is 0 Å². The number of allylic oxidation sites excluding steroid dienone is 2. The van der Waals surface area contributed by atoms with Crippen LogP contribution in [0.5, 0.6) is 0 Å². The van der Waals surface area contributed by atoms with Crippen LogP contribution in [0.1, 0.15) is 13.8 Å². The Balaban J connectivity index is 2.78. The molecule has 0 amide bonds. The second-order valence-electron chi connectivity index (χ2n) is 1.77. The van der Waals surface area contributed by atoms with Crippen molar-refractivity contribution >= 4 is 0 Å². The predicted molar refractivity (Wildman–Crippen MR) is 29.6 cm³/mol. The fourth-order valence-corrected chi connectivity index (χ4v) is 0.465. The molecule has 0 bridgehead atoms. The van der Waals surface area contributed by atoms with Gasteiger partial charge in [0.2, 0.25) is 0 Å². The minimum atomic E-state index is 1.28. The minimum absolute atomic E-state index is 1.28. The third kappa shape index (κ3) is 0.660. The van der Waals surface area contributed by atoms with Crippen LogP contribution in [0.2, 0.25) is 0 Å². The molecule has 1 nitrogen and oxygen atoms in total. The van der Waals surface area contributed by atoms with Crippen LogP contribution >= 0.6 is 0 Å². The van der Waals surface area contributed by atoms with Crippen molar-refractivity contribution in [2.75, 3.05) is 0 Å². The highest BCUT2D eigenvalue weighted by atomic mass is 14.8. The van der Waals surface area contributed by atoms with Crippen molar-refractivity contribution in [1.29, 1.82) is 0 Å². The van der Waals surface area contributed by atoms with E-state index in [4.69, 9.17) is 0 Å². The maximum Gasteiger partial charge on any atom is 0.0300 e. The molecule has 1 heteroatoms. The zero-order valence-corrected chi connectivity index (χ0v) is 4.60. The summed E-state index contributed by atoms with van der Waals surface area (Å²) in [5, 5.41) is 3.92. The molecule has 0 aliphatic carbocycles. The summed E-state index contributed by atoms with van der Waals surface area (Å²) in [5.41, 5.74) is 2.56.